The summed E-state index contributed by atoms with van der Waals surface area (Å²) >= 11 is 0. The number of hydrogen-bond donors (Lipinski definition) is 1. The van der Waals surface area contributed by atoms with Crippen molar-refractivity contribution in [2.75, 3.05) is 5.32 Å². The van der Waals surface area contributed by atoms with Crippen LogP contribution < -0.4 is 5.32 Å². The number of halogens is 3. The normalized spacial score (nSPS) is 11.7. The minimum atomic E-state index is -4.54. The van der Waals surface area contributed by atoms with E-state index in [1.807, 2.05) is 13.1 Å². The van der Waals surface area contributed by atoms with E-state index in [2.05, 4.69) is 20.6 Å². The Balaban J connectivity index is 1.60. The molecule has 1 N–H and O–H groups in total. The van der Waals surface area contributed by atoms with Gasteiger partial charge in [-0.25, -0.2) is 0 Å². The number of amides is 1. The van der Waals surface area contributed by atoms with E-state index in [0.717, 1.165) is 22.9 Å². The van der Waals surface area contributed by atoms with Crippen LogP contribution in [0.5, 0.6) is 0 Å². The maximum atomic E-state index is 12.7. The van der Waals surface area contributed by atoms with Crippen LogP contribution in [-0.4, -0.2) is 35.2 Å². The molecule has 0 radical (unpaired) electrons. The second kappa shape index (κ2) is 7.25. The fourth-order valence-electron chi connectivity index (χ4n) is 2.51. The molecule has 11 heteroatoms. The van der Waals surface area contributed by atoms with Gasteiger partial charge in [-0.15, -0.1) is 0 Å². The molecule has 0 saturated heterocycles. The lowest BCUT2D eigenvalue weighted by molar-refractivity contribution is -0.141. The predicted molar refractivity (Wildman–Crippen MR) is 89.8 cm³/mol. The zero-order valence-electron chi connectivity index (χ0n) is 14.7. The first-order valence-electron chi connectivity index (χ1n) is 8.20. The molecule has 144 valence electrons. The number of anilines is 1. The summed E-state index contributed by atoms with van der Waals surface area (Å²) in [6.45, 7) is 4.38. The quantitative estimate of drug-likeness (QED) is 0.710. The van der Waals surface area contributed by atoms with Crippen molar-refractivity contribution >= 4 is 11.6 Å². The van der Waals surface area contributed by atoms with Gasteiger partial charge >= 0.3 is 6.18 Å². The van der Waals surface area contributed by atoms with Crippen molar-refractivity contribution in [3.8, 4) is 0 Å². The Morgan fingerprint density at radius 3 is 2.56 bits per heavy atom. The van der Waals surface area contributed by atoms with Crippen LogP contribution in [0, 0.1) is 6.92 Å². The number of carbonyl (C=O) groups is 1. The van der Waals surface area contributed by atoms with Crippen molar-refractivity contribution in [2.45, 2.75) is 39.7 Å². The van der Waals surface area contributed by atoms with Crippen LogP contribution in [-0.2, 0) is 30.6 Å². The second-order valence-corrected chi connectivity index (χ2v) is 6.01. The van der Waals surface area contributed by atoms with E-state index in [1.165, 1.54) is 13.1 Å². The number of carbonyl (C=O) groups excluding carboxylic acids is 1. The van der Waals surface area contributed by atoms with Gasteiger partial charge in [0, 0.05) is 30.2 Å². The maximum absolute atomic E-state index is 12.7. The molecule has 3 aromatic heterocycles. The van der Waals surface area contributed by atoms with E-state index in [1.54, 1.807) is 21.8 Å². The molecule has 1 amide bonds. The molecule has 0 aliphatic rings. The van der Waals surface area contributed by atoms with E-state index in [4.69, 9.17) is 0 Å². The predicted octanol–water partition coefficient (Wildman–Crippen LogP) is 2.31. The van der Waals surface area contributed by atoms with Crippen LogP contribution in [0.2, 0.25) is 0 Å². The smallest absolute Gasteiger partial charge is 0.322 e. The number of rotatable bonds is 6. The molecule has 3 rings (SSSR count). The number of aryl methyl sites for hydroxylation is 2. The van der Waals surface area contributed by atoms with Gasteiger partial charge < -0.3 is 5.32 Å². The van der Waals surface area contributed by atoms with Crippen molar-refractivity contribution in [3.63, 3.8) is 0 Å². The molecule has 3 heterocycles. The first-order chi connectivity index (χ1) is 12.7. The first-order valence-corrected chi connectivity index (χ1v) is 8.20. The van der Waals surface area contributed by atoms with Gasteiger partial charge in [0.15, 0.2) is 5.69 Å². The Kier molecular flexibility index (Phi) is 5.02. The Bertz CT molecular complexity index is 938. The van der Waals surface area contributed by atoms with Crippen LogP contribution in [0.3, 0.4) is 0 Å². The third-order valence-corrected chi connectivity index (χ3v) is 3.84. The van der Waals surface area contributed by atoms with Crippen molar-refractivity contribution in [3.05, 3.63) is 47.8 Å². The van der Waals surface area contributed by atoms with Gasteiger partial charge in [-0.2, -0.15) is 28.5 Å². The third kappa shape index (κ3) is 4.54. The van der Waals surface area contributed by atoms with Crippen molar-refractivity contribution in [1.29, 1.82) is 0 Å². The average molecular weight is 381 g/mol. The highest BCUT2D eigenvalue weighted by atomic mass is 19.4. The van der Waals surface area contributed by atoms with E-state index in [0.29, 0.717) is 12.2 Å². The fourth-order valence-corrected chi connectivity index (χ4v) is 2.51. The average Bonchev–Trinajstić information content (AvgIpc) is 3.29. The zero-order chi connectivity index (χ0) is 19.6. The number of nitrogens with zero attached hydrogens (tertiary/aromatic N) is 6. The summed E-state index contributed by atoms with van der Waals surface area (Å²) in [6.07, 6.45) is 2.21. The summed E-state index contributed by atoms with van der Waals surface area (Å²) in [5.74, 6) is -0.492. The molecule has 0 bridgehead atoms. The third-order valence-electron chi connectivity index (χ3n) is 3.84. The van der Waals surface area contributed by atoms with Gasteiger partial charge in [0.2, 0.25) is 5.91 Å². The molecule has 0 aliphatic carbocycles. The summed E-state index contributed by atoms with van der Waals surface area (Å²) in [4.78, 5) is 12.1. The summed E-state index contributed by atoms with van der Waals surface area (Å²) in [5, 5.41) is 14.4. The van der Waals surface area contributed by atoms with Crippen LogP contribution >= 0.6 is 0 Å². The van der Waals surface area contributed by atoms with E-state index < -0.39 is 17.8 Å². The molecular formula is C16H18F3N7O. The summed E-state index contributed by atoms with van der Waals surface area (Å²) in [6, 6.07) is 0.905. The molecule has 0 fully saturated rings. The van der Waals surface area contributed by atoms with Gasteiger partial charge in [-0.1, -0.05) is 0 Å². The number of hydrogen-bond acceptors (Lipinski definition) is 4. The van der Waals surface area contributed by atoms with Gasteiger partial charge in [0.25, 0.3) is 0 Å². The van der Waals surface area contributed by atoms with Crippen LogP contribution in [0.4, 0.5) is 18.9 Å². The standard InChI is InChI=1S/C16H18F3N7O/c1-3-24-7-12(5-20-24)8-25-9-13(6-21-25)22-15(27)10-26-11(2)4-14(23-26)16(17,18)19/h4-7,9H,3,8,10H2,1-2H3,(H,22,27). The fraction of sp³-hybridized carbons (Fsp3) is 0.375. The molecule has 8 nitrogen and oxygen atoms in total. The molecule has 0 spiro atoms. The Hall–Kier alpha value is -3.11. The SMILES string of the molecule is CCn1cc(Cn2cc(NC(=O)Cn3nc(C(F)(F)F)cc3C)cn2)cn1. The van der Waals surface area contributed by atoms with E-state index in [9.17, 15) is 18.0 Å². The van der Waals surface area contributed by atoms with Gasteiger partial charge in [0.05, 0.1) is 24.6 Å². The number of aromatic nitrogens is 6. The molecule has 27 heavy (non-hydrogen) atoms. The summed E-state index contributed by atoms with van der Waals surface area (Å²) in [7, 11) is 0. The zero-order valence-corrected chi connectivity index (χ0v) is 14.7. The topological polar surface area (TPSA) is 82.6 Å². The first kappa shape index (κ1) is 18.7. The van der Waals surface area contributed by atoms with Crippen LogP contribution in [0.15, 0.2) is 30.9 Å². The number of alkyl halides is 3. The maximum Gasteiger partial charge on any atom is 0.435 e. The largest absolute Gasteiger partial charge is 0.435 e. The highest BCUT2D eigenvalue weighted by molar-refractivity contribution is 5.90. The highest BCUT2D eigenvalue weighted by Gasteiger charge is 2.34. The lowest BCUT2D eigenvalue weighted by Crippen LogP contribution is -2.20. The van der Waals surface area contributed by atoms with Crippen molar-refractivity contribution in [1.82, 2.24) is 29.3 Å². The highest BCUT2D eigenvalue weighted by Crippen LogP contribution is 2.28. The molecular weight excluding hydrogens is 363 g/mol. The Labute approximate surface area is 152 Å². The van der Waals surface area contributed by atoms with E-state index >= 15 is 0 Å². The van der Waals surface area contributed by atoms with Gasteiger partial charge in [0.1, 0.15) is 6.54 Å². The van der Waals surface area contributed by atoms with Gasteiger partial charge in [-0.05, 0) is 19.9 Å². The molecule has 0 aromatic carbocycles. The Morgan fingerprint density at radius 1 is 1.19 bits per heavy atom. The monoisotopic (exact) mass is 381 g/mol. The Morgan fingerprint density at radius 2 is 1.93 bits per heavy atom. The minimum Gasteiger partial charge on any atom is -0.322 e. The van der Waals surface area contributed by atoms with Crippen molar-refractivity contribution < 1.29 is 18.0 Å². The van der Waals surface area contributed by atoms with Gasteiger partial charge in [-0.3, -0.25) is 18.8 Å². The lowest BCUT2D eigenvalue weighted by Gasteiger charge is -2.05. The molecule has 3 aromatic rings. The second-order valence-electron chi connectivity index (χ2n) is 6.01. The molecule has 0 saturated carbocycles. The molecule has 0 unspecified atom stereocenters. The number of nitrogens with one attached hydrogen (secondary N) is 1. The van der Waals surface area contributed by atoms with E-state index in [-0.39, 0.29) is 12.2 Å². The van der Waals surface area contributed by atoms with Crippen LogP contribution in [0.25, 0.3) is 0 Å². The van der Waals surface area contributed by atoms with Crippen molar-refractivity contribution in [2.24, 2.45) is 0 Å². The molecule has 0 aliphatic heterocycles. The lowest BCUT2D eigenvalue weighted by atomic mass is 10.3. The van der Waals surface area contributed by atoms with Crippen LogP contribution in [0.1, 0.15) is 23.9 Å². The summed E-state index contributed by atoms with van der Waals surface area (Å²) in [5.41, 5.74) is 0.641. The molecule has 0 atom stereocenters. The minimum absolute atomic E-state index is 0.251. The summed E-state index contributed by atoms with van der Waals surface area (Å²) < 4.78 is 42.5.